The lowest BCUT2D eigenvalue weighted by atomic mass is 10.3. The maximum Gasteiger partial charge on any atom is 0.170 e. The third kappa shape index (κ3) is 32.8. The van der Waals surface area contributed by atoms with Gasteiger partial charge in [0, 0.05) is 0 Å². The minimum atomic E-state index is -1.44. The van der Waals surface area contributed by atoms with E-state index in [2.05, 4.69) is 12.7 Å². The Morgan fingerprint density at radius 1 is 1.50 bits per heavy atom. The molecule has 0 radical (unpaired) electrons. The van der Waals surface area contributed by atoms with Gasteiger partial charge < -0.3 is 14.1 Å². The Balaban J connectivity index is 0. The Hall–Kier alpha value is 0.360. The first kappa shape index (κ1) is 11.2. The van der Waals surface area contributed by atoms with Crippen molar-refractivity contribution in [2.75, 3.05) is 6.54 Å². The molecule has 0 aromatic rings. The highest BCUT2D eigenvalue weighted by molar-refractivity contribution is 4.21. The molecular formula is C4H12BrNO2. The molecule has 0 fully saturated rings. The number of quaternary nitrogens is 1. The van der Waals surface area contributed by atoms with E-state index < -0.39 is 15.5 Å². The molecule has 3 N–H and O–H groups in total. The maximum atomic E-state index is 8.41. The van der Waals surface area contributed by atoms with Gasteiger partial charge in [0.1, 0.15) is 0 Å². The van der Waals surface area contributed by atoms with Crippen molar-refractivity contribution >= 4 is 0 Å². The molecular weight excluding hydrogens is 174 g/mol. The zero-order chi connectivity index (χ0) is 6.83. The van der Waals surface area contributed by atoms with Crippen LogP contribution in [-0.2, 0) is 0 Å². The lowest BCUT2D eigenvalue weighted by Gasteiger charge is -1.77. The number of unbranched alkanes of at least 4 members (excludes halogenated alkanes) is 1. The van der Waals surface area contributed by atoms with Gasteiger partial charge in [0.05, 0.1) is 6.54 Å². The quantitative estimate of drug-likeness (QED) is 0.524. The molecule has 0 saturated carbocycles. The van der Waals surface area contributed by atoms with Crippen LogP contribution in [0.4, 0.5) is 0 Å². The normalized spacial score (nSPS) is 7.50. The standard InChI is InChI=1S/C4H11N.BrO2/c1-2-3-4-5;2-1-3/h2-5H2,1H3;/q;-1/p+1. The molecule has 0 aliphatic rings. The van der Waals surface area contributed by atoms with E-state index in [1.807, 2.05) is 0 Å². The molecule has 0 spiro atoms. The highest BCUT2D eigenvalue weighted by Crippen LogP contribution is 1.75. The summed E-state index contributed by atoms with van der Waals surface area (Å²) in [7, 11) is 0. The second-order valence-corrected chi connectivity index (χ2v) is 1.53. The predicted molar refractivity (Wildman–Crippen MR) is 22.7 cm³/mol. The van der Waals surface area contributed by atoms with Crippen molar-refractivity contribution < 1.29 is 29.7 Å². The van der Waals surface area contributed by atoms with Crippen molar-refractivity contribution in [3.8, 4) is 0 Å². The van der Waals surface area contributed by atoms with E-state index in [9.17, 15) is 0 Å². The fourth-order valence-corrected chi connectivity index (χ4v) is 0.250. The molecule has 0 rings (SSSR count). The van der Waals surface area contributed by atoms with Crippen LogP contribution in [0.3, 0.4) is 0 Å². The van der Waals surface area contributed by atoms with Gasteiger partial charge in [-0.2, -0.15) is 0 Å². The Morgan fingerprint density at radius 3 is 1.88 bits per heavy atom. The largest absolute Gasteiger partial charge is 0.585 e. The molecule has 0 heterocycles. The SMILES string of the molecule is CCCC[NH3+].[O-][Br+][O-]. The molecule has 0 aliphatic carbocycles. The first-order valence-corrected chi connectivity index (χ1v) is 3.81. The number of rotatable bonds is 2. The van der Waals surface area contributed by atoms with Crippen LogP contribution in [0.2, 0.25) is 0 Å². The third-order valence-corrected chi connectivity index (χ3v) is 0.604. The summed E-state index contributed by atoms with van der Waals surface area (Å²) in [5.74, 6) is 0. The van der Waals surface area contributed by atoms with Gasteiger partial charge in [0.15, 0.2) is 15.5 Å². The zero-order valence-electron chi connectivity index (χ0n) is 5.02. The molecule has 8 heavy (non-hydrogen) atoms. The van der Waals surface area contributed by atoms with Crippen molar-refractivity contribution in [3.05, 3.63) is 0 Å². The van der Waals surface area contributed by atoms with Gasteiger partial charge in [-0.1, -0.05) is 13.3 Å². The van der Waals surface area contributed by atoms with E-state index in [0.29, 0.717) is 0 Å². The Bertz CT molecular complexity index is 28.0. The average Bonchev–Trinajstić information content (AvgIpc) is 1.71. The van der Waals surface area contributed by atoms with Crippen LogP contribution in [0, 0.1) is 15.5 Å². The fourth-order valence-electron chi connectivity index (χ4n) is 0.250. The van der Waals surface area contributed by atoms with E-state index in [4.69, 9.17) is 8.40 Å². The van der Waals surface area contributed by atoms with E-state index in [-0.39, 0.29) is 0 Å². The highest BCUT2D eigenvalue weighted by atomic mass is 79.9. The zero-order valence-corrected chi connectivity index (χ0v) is 6.61. The van der Waals surface area contributed by atoms with Gasteiger partial charge in [0.25, 0.3) is 0 Å². The molecule has 0 amide bonds. The monoisotopic (exact) mass is 185 g/mol. The summed E-state index contributed by atoms with van der Waals surface area (Å²) in [5, 5.41) is 0. The van der Waals surface area contributed by atoms with Crippen molar-refractivity contribution in [1.29, 1.82) is 0 Å². The number of hydrogen-bond acceptors (Lipinski definition) is 2. The topological polar surface area (TPSA) is 73.8 Å². The van der Waals surface area contributed by atoms with Crippen molar-refractivity contribution in [2.24, 2.45) is 0 Å². The summed E-state index contributed by atoms with van der Waals surface area (Å²) >= 11 is -1.44. The first-order valence-electron chi connectivity index (χ1n) is 2.52. The third-order valence-electron chi connectivity index (χ3n) is 0.604. The van der Waals surface area contributed by atoms with Crippen molar-refractivity contribution in [3.63, 3.8) is 0 Å². The lowest BCUT2D eigenvalue weighted by molar-refractivity contribution is -1.41. The summed E-state index contributed by atoms with van der Waals surface area (Å²) in [6.45, 7) is 3.27. The minimum Gasteiger partial charge on any atom is -0.585 e. The highest BCUT2D eigenvalue weighted by Gasteiger charge is 1.71. The summed E-state index contributed by atoms with van der Waals surface area (Å²) < 4.78 is 16.8. The second-order valence-electron chi connectivity index (χ2n) is 1.27. The number of hydrogen-bond donors (Lipinski definition) is 1. The molecule has 52 valence electrons. The molecule has 0 aromatic heterocycles. The van der Waals surface area contributed by atoms with Gasteiger partial charge in [-0.15, -0.1) is 0 Å². The smallest absolute Gasteiger partial charge is 0.170 e. The van der Waals surface area contributed by atoms with Crippen LogP contribution >= 0.6 is 0 Å². The van der Waals surface area contributed by atoms with Gasteiger partial charge in [-0.25, -0.2) is 0 Å². The maximum absolute atomic E-state index is 8.41. The van der Waals surface area contributed by atoms with Gasteiger partial charge in [-0.05, 0) is 6.42 Å². The van der Waals surface area contributed by atoms with Gasteiger partial charge in [-0.3, -0.25) is 0 Å². The Kier molecular flexibility index (Phi) is 21.9. The van der Waals surface area contributed by atoms with Crippen LogP contribution in [0.1, 0.15) is 19.8 Å². The lowest BCUT2D eigenvalue weighted by Crippen LogP contribution is -2.49. The number of halogens is 1. The molecule has 3 nitrogen and oxygen atoms in total. The van der Waals surface area contributed by atoms with Crippen LogP contribution in [0.5, 0.6) is 0 Å². The van der Waals surface area contributed by atoms with Crippen LogP contribution in [0.15, 0.2) is 0 Å². The fraction of sp³-hybridized carbons (Fsp3) is 1.00. The van der Waals surface area contributed by atoms with E-state index in [0.717, 1.165) is 6.54 Å². The molecule has 0 aliphatic heterocycles. The van der Waals surface area contributed by atoms with Crippen LogP contribution in [0.25, 0.3) is 0 Å². The summed E-state index contributed by atoms with van der Waals surface area (Å²) in [4.78, 5) is 0. The molecule has 0 bridgehead atoms. The van der Waals surface area contributed by atoms with E-state index >= 15 is 0 Å². The molecule has 0 unspecified atom stereocenters. The van der Waals surface area contributed by atoms with Crippen LogP contribution in [-0.4, -0.2) is 6.54 Å². The Labute approximate surface area is 56.6 Å². The molecule has 0 atom stereocenters. The van der Waals surface area contributed by atoms with Crippen molar-refractivity contribution in [1.82, 2.24) is 0 Å². The van der Waals surface area contributed by atoms with E-state index in [1.165, 1.54) is 12.8 Å². The van der Waals surface area contributed by atoms with Gasteiger partial charge >= 0.3 is 0 Å². The molecule has 0 saturated heterocycles. The molecule has 0 aromatic carbocycles. The first-order chi connectivity index (χ1) is 3.83. The van der Waals surface area contributed by atoms with Gasteiger partial charge in [0.2, 0.25) is 0 Å². The summed E-state index contributed by atoms with van der Waals surface area (Å²) in [5.41, 5.74) is 3.68. The minimum absolute atomic E-state index is 1.09. The molecule has 4 heteroatoms. The summed E-state index contributed by atoms with van der Waals surface area (Å²) in [6, 6.07) is 0. The summed E-state index contributed by atoms with van der Waals surface area (Å²) in [6.07, 6.45) is 2.56. The van der Waals surface area contributed by atoms with E-state index in [1.54, 1.807) is 0 Å². The van der Waals surface area contributed by atoms with Crippen LogP contribution < -0.4 is 14.1 Å². The average molecular weight is 186 g/mol. The second kappa shape index (κ2) is 15.7. The van der Waals surface area contributed by atoms with Crippen molar-refractivity contribution in [2.45, 2.75) is 19.8 Å². The predicted octanol–water partition coefficient (Wildman–Crippen LogP) is -2.35. The Morgan fingerprint density at radius 2 is 1.88 bits per heavy atom.